The van der Waals surface area contributed by atoms with Crippen LogP contribution >= 0.6 is 0 Å². The van der Waals surface area contributed by atoms with Crippen molar-refractivity contribution in [2.45, 2.75) is 12.8 Å². The average molecular weight is 270 g/mol. The summed E-state index contributed by atoms with van der Waals surface area (Å²) in [7, 11) is 1.48. The van der Waals surface area contributed by atoms with Gasteiger partial charge in [-0.2, -0.15) is 4.98 Å². The van der Waals surface area contributed by atoms with E-state index >= 15 is 0 Å². The summed E-state index contributed by atoms with van der Waals surface area (Å²) in [6.07, 6.45) is 1.50. The van der Waals surface area contributed by atoms with Gasteiger partial charge in [-0.1, -0.05) is 0 Å². The summed E-state index contributed by atoms with van der Waals surface area (Å²) in [4.78, 5) is 4.02. The maximum absolute atomic E-state index is 13.6. The molecule has 1 saturated heterocycles. The zero-order chi connectivity index (χ0) is 13.7. The minimum absolute atomic E-state index is 0.0505. The average Bonchev–Trinajstić information content (AvgIpc) is 2.47. The molecule has 106 valence electrons. The van der Waals surface area contributed by atoms with Crippen LogP contribution in [0, 0.1) is 11.2 Å². The highest BCUT2D eigenvalue weighted by molar-refractivity contribution is 5.39. The first-order valence-electron chi connectivity index (χ1n) is 6.32. The third kappa shape index (κ3) is 3.33. The predicted octanol–water partition coefficient (Wildman–Crippen LogP) is 1.43. The fourth-order valence-electron chi connectivity index (χ4n) is 2.13. The maximum atomic E-state index is 13.6. The Kier molecular flexibility index (Phi) is 4.55. The number of methoxy groups -OCH3 is 1. The van der Waals surface area contributed by atoms with Gasteiger partial charge in [0.15, 0.2) is 11.6 Å². The molecule has 5 nitrogen and oxygen atoms in total. The number of nitrogens with one attached hydrogen (secondary N) is 1. The standard InChI is InChI=1S/C13H19FN2O3/c1-18-11-3-2-10(14)12(16-11)15-8-13(9-17)4-6-19-7-5-13/h2-3,17H,4-9H2,1H3,(H,15,16). The van der Waals surface area contributed by atoms with Gasteiger partial charge in [-0.05, 0) is 18.9 Å². The maximum Gasteiger partial charge on any atom is 0.215 e. The van der Waals surface area contributed by atoms with Gasteiger partial charge in [0, 0.05) is 31.2 Å². The molecule has 2 rings (SSSR count). The number of aliphatic hydroxyl groups excluding tert-OH is 1. The van der Waals surface area contributed by atoms with Gasteiger partial charge < -0.3 is 19.9 Å². The molecule has 2 heterocycles. The monoisotopic (exact) mass is 270 g/mol. The molecule has 0 aliphatic carbocycles. The summed E-state index contributed by atoms with van der Waals surface area (Å²) in [5.74, 6) is 0.0774. The van der Waals surface area contributed by atoms with Gasteiger partial charge in [-0.25, -0.2) is 4.39 Å². The minimum Gasteiger partial charge on any atom is -0.481 e. The van der Waals surface area contributed by atoms with Crippen LogP contribution in [0.25, 0.3) is 0 Å². The van der Waals surface area contributed by atoms with Crippen LogP contribution in [0.5, 0.6) is 5.88 Å². The van der Waals surface area contributed by atoms with Crippen molar-refractivity contribution in [3.8, 4) is 5.88 Å². The number of hydrogen-bond donors (Lipinski definition) is 2. The van der Waals surface area contributed by atoms with Gasteiger partial charge in [0.05, 0.1) is 13.7 Å². The van der Waals surface area contributed by atoms with Crippen LogP contribution in [-0.2, 0) is 4.74 Å². The molecule has 1 aromatic heterocycles. The highest BCUT2D eigenvalue weighted by atomic mass is 19.1. The number of pyridine rings is 1. The summed E-state index contributed by atoms with van der Waals surface area (Å²) in [5, 5.41) is 12.5. The lowest BCUT2D eigenvalue weighted by Crippen LogP contribution is -2.39. The molecule has 1 aromatic rings. The second kappa shape index (κ2) is 6.16. The summed E-state index contributed by atoms with van der Waals surface area (Å²) >= 11 is 0. The highest BCUT2D eigenvalue weighted by Crippen LogP contribution is 2.30. The summed E-state index contributed by atoms with van der Waals surface area (Å²) in [6, 6.07) is 2.78. The highest BCUT2D eigenvalue weighted by Gasteiger charge is 2.32. The molecule has 2 N–H and O–H groups in total. The smallest absolute Gasteiger partial charge is 0.215 e. The Morgan fingerprint density at radius 2 is 2.21 bits per heavy atom. The summed E-state index contributed by atoms with van der Waals surface area (Å²) < 4.78 is 23.9. The van der Waals surface area contributed by atoms with Crippen molar-refractivity contribution in [2.24, 2.45) is 5.41 Å². The van der Waals surface area contributed by atoms with Crippen LogP contribution in [0.4, 0.5) is 10.2 Å². The Morgan fingerprint density at radius 3 is 2.84 bits per heavy atom. The van der Waals surface area contributed by atoms with Gasteiger partial charge >= 0.3 is 0 Å². The molecule has 1 aliphatic rings. The first-order valence-corrected chi connectivity index (χ1v) is 6.32. The number of aliphatic hydroxyl groups is 1. The molecule has 0 amide bonds. The van der Waals surface area contributed by atoms with Gasteiger partial charge in [0.1, 0.15) is 0 Å². The quantitative estimate of drug-likeness (QED) is 0.847. The zero-order valence-electron chi connectivity index (χ0n) is 11.0. The lowest BCUT2D eigenvalue weighted by atomic mass is 9.81. The fraction of sp³-hybridized carbons (Fsp3) is 0.615. The lowest BCUT2D eigenvalue weighted by molar-refractivity contribution is -0.00865. The number of anilines is 1. The van der Waals surface area contributed by atoms with Crippen LogP contribution in [0.3, 0.4) is 0 Å². The molecule has 19 heavy (non-hydrogen) atoms. The molecule has 1 fully saturated rings. The van der Waals surface area contributed by atoms with E-state index in [1.54, 1.807) is 0 Å². The van der Waals surface area contributed by atoms with E-state index in [0.29, 0.717) is 25.6 Å². The second-order valence-corrected chi connectivity index (χ2v) is 4.81. The van der Waals surface area contributed by atoms with E-state index in [9.17, 15) is 9.50 Å². The minimum atomic E-state index is -0.430. The van der Waals surface area contributed by atoms with Gasteiger partial charge in [0.2, 0.25) is 5.88 Å². The molecule has 0 atom stereocenters. The van der Waals surface area contributed by atoms with Gasteiger partial charge in [-0.15, -0.1) is 0 Å². The molecule has 1 aliphatic heterocycles. The third-order valence-corrected chi connectivity index (χ3v) is 3.55. The number of hydrogen-bond acceptors (Lipinski definition) is 5. The van der Waals surface area contributed by atoms with Crippen LogP contribution < -0.4 is 10.1 Å². The molecule has 0 saturated carbocycles. The Balaban J connectivity index is 2.04. The zero-order valence-corrected chi connectivity index (χ0v) is 11.0. The van der Waals surface area contributed by atoms with E-state index in [2.05, 4.69) is 10.3 Å². The molecule has 0 unspecified atom stereocenters. The molecule has 0 radical (unpaired) electrons. The van der Waals surface area contributed by atoms with E-state index in [0.717, 1.165) is 12.8 Å². The van der Waals surface area contributed by atoms with E-state index in [-0.39, 0.29) is 17.8 Å². The van der Waals surface area contributed by atoms with Crippen molar-refractivity contribution < 1.29 is 19.0 Å². The van der Waals surface area contributed by atoms with Crippen molar-refractivity contribution in [3.05, 3.63) is 17.9 Å². The number of nitrogens with zero attached hydrogens (tertiary/aromatic N) is 1. The Bertz CT molecular complexity index is 422. The molecule has 0 aromatic carbocycles. The van der Waals surface area contributed by atoms with E-state index in [4.69, 9.17) is 9.47 Å². The largest absolute Gasteiger partial charge is 0.481 e. The van der Waals surface area contributed by atoms with Crippen molar-refractivity contribution in [1.82, 2.24) is 4.98 Å². The predicted molar refractivity (Wildman–Crippen MR) is 68.8 cm³/mol. The first kappa shape index (κ1) is 14.0. The van der Waals surface area contributed by atoms with Crippen molar-refractivity contribution in [2.75, 3.05) is 38.8 Å². The molecular weight excluding hydrogens is 251 g/mol. The fourth-order valence-corrected chi connectivity index (χ4v) is 2.13. The Hall–Kier alpha value is -1.40. The summed E-state index contributed by atoms with van der Waals surface area (Å²) in [6.45, 7) is 1.76. The second-order valence-electron chi connectivity index (χ2n) is 4.81. The topological polar surface area (TPSA) is 63.6 Å². The van der Waals surface area contributed by atoms with Crippen LogP contribution in [0.1, 0.15) is 12.8 Å². The molecule has 6 heteroatoms. The lowest BCUT2D eigenvalue weighted by Gasteiger charge is -2.35. The molecule has 0 spiro atoms. The van der Waals surface area contributed by atoms with Crippen molar-refractivity contribution >= 4 is 5.82 Å². The van der Waals surface area contributed by atoms with Crippen LogP contribution in [0.15, 0.2) is 12.1 Å². The van der Waals surface area contributed by atoms with E-state index < -0.39 is 5.82 Å². The first-order chi connectivity index (χ1) is 9.19. The van der Waals surface area contributed by atoms with Gasteiger partial charge in [-0.3, -0.25) is 0 Å². The Labute approximate surface area is 111 Å². The molecule has 0 bridgehead atoms. The van der Waals surface area contributed by atoms with Crippen LogP contribution in [-0.4, -0.2) is 43.6 Å². The number of halogens is 1. The number of aromatic nitrogens is 1. The number of ether oxygens (including phenoxy) is 2. The number of rotatable bonds is 5. The van der Waals surface area contributed by atoms with E-state index in [1.807, 2.05) is 0 Å². The van der Waals surface area contributed by atoms with Gasteiger partial charge in [0.25, 0.3) is 0 Å². The van der Waals surface area contributed by atoms with E-state index in [1.165, 1.54) is 19.2 Å². The summed E-state index contributed by atoms with van der Waals surface area (Å²) in [5.41, 5.74) is -0.268. The Morgan fingerprint density at radius 1 is 1.47 bits per heavy atom. The third-order valence-electron chi connectivity index (χ3n) is 3.55. The van der Waals surface area contributed by atoms with Crippen LogP contribution in [0.2, 0.25) is 0 Å². The normalized spacial score (nSPS) is 18.1. The van der Waals surface area contributed by atoms with Crippen molar-refractivity contribution in [1.29, 1.82) is 0 Å². The molecular formula is C13H19FN2O3. The van der Waals surface area contributed by atoms with Crippen molar-refractivity contribution in [3.63, 3.8) is 0 Å². The SMILES string of the molecule is COc1ccc(F)c(NCC2(CO)CCOCC2)n1.